The number of nitrogens with zero attached hydrogens (tertiary/aromatic N) is 1. The molecular formula is C17H16ClN2O3S+. The van der Waals surface area contributed by atoms with E-state index in [4.69, 9.17) is 11.6 Å². The van der Waals surface area contributed by atoms with Gasteiger partial charge < -0.3 is 5.11 Å². The molecule has 2 aromatic rings. The number of carbonyl (C=O) groups excluding carboxylic acids is 1. The molecule has 2 N–H and O–H groups in total. The van der Waals surface area contributed by atoms with E-state index in [1.807, 2.05) is 26.8 Å². The topological polar surface area (TPSA) is 71.7 Å². The van der Waals surface area contributed by atoms with Gasteiger partial charge >= 0.3 is 5.97 Å². The summed E-state index contributed by atoms with van der Waals surface area (Å²) in [6.45, 7) is 6.49. The first-order valence-corrected chi connectivity index (χ1v) is 8.66. The molecule has 0 amide bonds. The second-order valence-corrected chi connectivity index (χ2v) is 7.22. The van der Waals surface area contributed by atoms with Crippen molar-refractivity contribution in [2.24, 2.45) is 0 Å². The number of thiazole rings is 1. The fraction of sp³-hybridized carbons (Fsp3) is 0.235. The van der Waals surface area contributed by atoms with E-state index in [1.165, 1.54) is 6.20 Å². The maximum absolute atomic E-state index is 12.4. The molecule has 0 saturated carbocycles. The highest BCUT2D eigenvalue weighted by Crippen LogP contribution is 2.36. The standard InChI is InChI=1S/C17H15ClN2O3S/c1-4-20-7-12(17(22)23)15(21)11-5-13(18)10(6-14(11)20)16-19-8(2)9(3)24-16/h5-7H,4H2,1-3H3,(H,22,23)/p+1. The van der Waals surface area contributed by atoms with Gasteiger partial charge in [0.25, 0.3) is 0 Å². The zero-order chi connectivity index (χ0) is 17.6. The molecule has 1 aliphatic heterocycles. The molecule has 1 atom stereocenters. The third-order valence-electron chi connectivity index (χ3n) is 4.13. The lowest BCUT2D eigenvalue weighted by Crippen LogP contribution is -3.03. The number of rotatable bonds is 3. The lowest BCUT2D eigenvalue weighted by molar-refractivity contribution is -0.773. The summed E-state index contributed by atoms with van der Waals surface area (Å²) in [6.07, 6.45) is 1.46. The number of hydrogen-bond donors (Lipinski definition) is 2. The quantitative estimate of drug-likeness (QED) is 0.822. The molecular weight excluding hydrogens is 348 g/mol. The molecule has 0 radical (unpaired) electrons. The molecule has 1 unspecified atom stereocenters. The van der Waals surface area contributed by atoms with Crippen LogP contribution < -0.4 is 4.90 Å². The number of aromatic nitrogens is 1. The molecule has 0 saturated heterocycles. The smallest absolute Gasteiger partial charge is 0.345 e. The summed E-state index contributed by atoms with van der Waals surface area (Å²) in [5.74, 6) is -1.72. The lowest BCUT2D eigenvalue weighted by Gasteiger charge is -2.21. The van der Waals surface area contributed by atoms with E-state index in [2.05, 4.69) is 4.98 Å². The minimum absolute atomic E-state index is 0.218. The Balaban J connectivity index is 2.19. The number of benzene rings is 1. The van der Waals surface area contributed by atoms with Crippen molar-refractivity contribution in [2.45, 2.75) is 20.8 Å². The number of halogens is 1. The van der Waals surface area contributed by atoms with Crippen LogP contribution in [0.25, 0.3) is 10.6 Å². The third kappa shape index (κ3) is 2.66. The Hall–Kier alpha value is -2.02. The van der Waals surface area contributed by atoms with Gasteiger partial charge in [0.05, 0.1) is 22.8 Å². The predicted molar refractivity (Wildman–Crippen MR) is 93.2 cm³/mol. The third-order valence-corrected chi connectivity index (χ3v) is 5.55. The van der Waals surface area contributed by atoms with Gasteiger partial charge in [-0.3, -0.25) is 9.69 Å². The lowest BCUT2D eigenvalue weighted by atomic mass is 9.96. The van der Waals surface area contributed by atoms with E-state index in [0.717, 1.165) is 31.7 Å². The Morgan fingerprint density at radius 2 is 2.04 bits per heavy atom. The average Bonchev–Trinajstić information content (AvgIpc) is 2.86. The summed E-state index contributed by atoms with van der Waals surface area (Å²) in [6, 6.07) is 3.41. The zero-order valence-corrected chi connectivity index (χ0v) is 15.0. The SMILES string of the molecule is CC[NH+]1C=C(C(=O)O)C(=O)c2cc(Cl)c(-c3nc(C)c(C)s3)cc21. The van der Waals surface area contributed by atoms with E-state index in [0.29, 0.717) is 17.1 Å². The Morgan fingerprint density at radius 1 is 1.33 bits per heavy atom. The van der Waals surface area contributed by atoms with E-state index in [9.17, 15) is 14.7 Å². The Kier molecular flexibility index (Phi) is 4.29. The number of carbonyl (C=O) groups is 2. The number of nitrogens with one attached hydrogen (secondary N) is 1. The summed E-state index contributed by atoms with van der Waals surface area (Å²) >= 11 is 7.93. The summed E-state index contributed by atoms with van der Waals surface area (Å²) in [5, 5.41) is 10.4. The summed E-state index contributed by atoms with van der Waals surface area (Å²) in [5.41, 5.74) is 2.57. The maximum Gasteiger partial charge on any atom is 0.345 e. The molecule has 7 heteroatoms. The van der Waals surface area contributed by atoms with Crippen LogP contribution in [0.5, 0.6) is 0 Å². The summed E-state index contributed by atoms with van der Waals surface area (Å²) in [7, 11) is 0. The zero-order valence-electron chi connectivity index (χ0n) is 13.4. The van der Waals surface area contributed by atoms with Gasteiger partial charge in [0.15, 0.2) is 5.57 Å². The molecule has 1 aromatic carbocycles. The van der Waals surface area contributed by atoms with Crippen molar-refractivity contribution in [3.63, 3.8) is 0 Å². The second-order valence-electron chi connectivity index (χ2n) is 5.61. The molecule has 0 fully saturated rings. The van der Waals surface area contributed by atoms with Crippen molar-refractivity contribution in [1.82, 2.24) is 4.98 Å². The van der Waals surface area contributed by atoms with Gasteiger partial charge in [-0.25, -0.2) is 9.78 Å². The molecule has 0 spiro atoms. The first-order chi connectivity index (χ1) is 11.3. The Morgan fingerprint density at radius 3 is 2.58 bits per heavy atom. The molecule has 1 aromatic heterocycles. The van der Waals surface area contributed by atoms with Crippen LogP contribution in [0, 0.1) is 13.8 Å². The molecule has 2 heterocycles. The van der Waals surface area contributed by atoms with E-state index >= 15 is 0 Å². The predicted octanol–water partition coefficient (Wildman–Crippen LogP) is 2.78. The van der Waals surface area contributed by atoms with Gasteiger partial charge in [-0.15, -0.1) is 11.3 Å². The Bertz CT molecular complexity index is 882. The van der Waals surface area contributed by atoms with Crippen molar-refractivity contribution in [3.05, 3.63) is 45.1 Å². The fourth-order valence-electron chi connectivity index (χ4n) is 2.69. The highest BCUT2D eigenvalue weighted by molar-refractivity contribution is 7.15. The van der Waals surface area contributed by atoms with Crippen molar-refractivity contribution in [1.29, 1.82) is 0 Å². The van der Waals surface area contributed by atoms with Crippen LogP contribution in [0.2, 0.25) is 5.02 Å². The monoisotopic (exact) mass is 363 g/mol. The first kappa shape index (κ1) is 16.8. The molecule has 124 valence electrons. The molecule has 5 nitrogen and oxygen atoms in total. The highest BCUT2D eigenvalue weighted by atomic mass is 35.5. The van der Waals surface area contributed by atoms with Gasteiger partial charge in [-0.2, -0.15) is 0 Å². The van der Waals surface area contributed by atoms with Crippen LogP contribution >= 0.6 is 22.9 Å². The van der Waals surface area contributed by atoms with Crippen LogP contribution in [0.15, 0.2) is 23.9 Å². The summed E-state index contributed by atoms with van der Waals surface area (Å²) in [4.78, 5) is 30.2. The van der Waals surface area contributed by atoms with Crippen LogP contribution in [0.3, 0.4) is 0 Å². The largest absolute Gasteiger partial charge is 0.477 e. The minimum atomic E-state index is -1.22. The van der Waals surface area contributed by atoms with E-state index in [1.54, 1.807) is 17.4 Å². The van der Waals surface area contributed by atoms with Gasteiger partial charge in [0, 0.05) is 16.5 Å². The Labute approximate surface area is 148 Å². The van der Waals surface area contributed by atoms with Crippen LogP contribution in [0.4, 0.5) is 5.69 Å². The van der Waals surface area contributed by atoms with Crippen LogP contribution in [-0.2, 0) is 4.79 Å². The van der Waals surface area contributed by atoms with E-state index in [-0.39, 0.29) is 5.57 Å². The number of quaternary nitrogens is 1. The number of hydrogen-bond acceptors (Lipinski definition) is 4. The van der Waals surface area contributed by atoms with Gasteiger partial charge in [-0.1, -0.05) is 11.6 Å². The first-order valence-electron chi connectivity index (χ1n) is 7.47. The number of aliphatic carboxylic acids is 1. The number of aryl methyl sites for hydroxylation is 2. The normalized spacial score (nSPS) is 16.8. The van der Waals surface area contributed by atoms with Gasteiger partial charge in [0.1, 0.15) is 16.9 Å². The molecule has 24 heavy (non-hydrogen) atoms. The van der Waals surface area contributed by atoms with Gasteiger partial charge in [-0.05, 0) is 26.8 Å². The fourth-order valence-corrected chi connectivity index (χ4v) is 3.95. The number of carboxylic acids is 1. The number of Topliss-reactive ketones (excluding diaryl/α,β-unsaturated/α-hetero) is 1. The van der Waals surface area contributed by atoms with Crippen LogP contribution in [0.1, 0.15) is 27.9 Å². The minimum Gasteiger partial charge on any atom is -0.477 e. The van der Waals surface area contributed by atoms with Crippen molar-refractivity contribution in [2.75, 3.05) is 6.54 Å². The molecule has 3 rings (SSSR count). The van der Waals surface area contributed by atoms with E-state index < -0.39 is 11.8 Å². The van der Waals surface area contributed by atoms with Crippen molar-refractivity contribution in [3.8, 4) is 10.6 Å². The molecule has 0 aliphatic carbocycles. The van der Waals surface area contributed by atoms with Crippen LogP contribution in [-0.4, -0.2) is 28.4 Å². The molecule has 1 aliphatic rings. The number of carboxylic acid groups (broad SMARTS) is 1. The summed E-state index contributed by atoms with van der Waals surface area (Å²) < 4.78 is 0. The highest BCUT2D eigenvalue weighted by Gasteiger charge is 2.34. The number of ketones is 1. The van der Waals surface area contributed by atoms with Crippen molar-refractivity contribution < 1.29 is 19.6 Å². The van der Waals surface area contributed by atoms with Crippen molar-refractivity contribution >= 4 is 40.4 Å². The average molecular weight is 364 g/mol. The number of fused-ring (bicyclic) bond motifs is 1. The maximum atomic E-state index is 12.4. The second kappa shape index (κ2) is 6.12. The molecule has 0 bridgehead atoms. The van der Waals surface area contributed by atoms with Gasteiger partial charge in [0.2, 0.25) is 5.78 Å².